The minimum absolute atomic E-state index is 0.109. The molecule has 6 nitrogen and oxygen atoms in total. The zero-order valence-electron chi connectivity index (χ0n) is 12.1. The number of nitrogens with one attached hydrogen (secondary N) is 1. The summed E-state index contributed by atoms with van der Waals surface area (Å²) >= 11 is 0. The zero-order chi connectivity index (χ0) is 15.7. The standard InChI is InChI=1S/C15H18N2O4/c1-3-21-10-14(18)17-13(15(19)20-2)8-11-5-4-6-12(7-11)9-16/h4-7,13H,3,8,10H2,1-2H3,(H,17,18)/t13-/m0/s1. The molecule has 0 aliphatic heterocycles. The summed E-state index contributed by atoms with van der Waals surface area (Å²) in [6.07, 6.45) is 0.250. The van der Waals surface area contributed by atoms with E-state index in [4.69, 9.17) is 10.00 Å². The number of carbonyl (C=O) groups is 2. The maximum absolute atomic E-state index is 11.7. The Hall–Kier alpha value is -2.39. The van der Waals surface area contributed by atoms with Crippen molar-refractivity contribution in [3.05, 3.63) is 35.4 Å². The van der Waals surface area contributed by atoms with Gasteiger partial charge in [0.05, 0.1) is 18.7 Å². The second-order valence-corrected chi connectivity index (χ2v) is 4.30. The Morgan fingerprint density at radius 1 is 1.43 bits per heavy atom. The van der Waals surface area contributed by atoms with Crippen LogP contribution < -0.4 is 5.32 Å². The first-order valence-electron chi connectivity index (χ1n) is 6.54. The number of amides is 1. The Morgan fingerprint density at radius 2 is 2.19 bits per heavy atom. The van der Waals surface area contributed by atoms with Crippen LogP contribution in [0, 0.1) is 11.3 Å². The van der Waals surface area contributed by atoms with Crippen molar-refractivity contribution in [3.8, 4) is 6.07 Å². The van der Waals surface area contributed by atoms with Crippen molar-refractivity contribution >= 4 is 11.9 Å². The van der Waals surface area contributed by atoms with Gasteiger partial charge in [-0.25, -0.2) is 4.79 Å². The van der Waals surface area contributed by atoms with E-state index in [1.165, 1.54) is 7.11 Å². The average Bonchev–Trinajstić information content (AvgIpc) is 2.51. The monoisotopic (exact) mass is 290 g/mol. The van der Waals surface area contributed by atoms with Gasteiger partial charge in [0.25, 0.3) is 0 Å². The smallest absolute Gasteiger partial charge is 0.328 e. The number of benzene rings is 1. The van der Waals surface area contributed by atoms with Crippen LogP contribution in [0.4, 0.5) is 0 Å². The zero-order valence-corrected chi connectivity index (χ0v) is 12.1. The average molecular weight is 290 g/mol. The fourth-order valence-corrected chi connectivity index (χ4v) is 1.77. The molecule has 1 atom stereocenters. The van der Waals surface area contributed by atoms with E-state index < -0.39 is 12.0 Å². The lowest BCUT2D eigenvalue weighted by Crippen LogP contribution is -2.44. The van der Waals surface area contributed by atoms with Gasteiger partial charge in [0.2, 0.25) is 5.91 Å². The first-order valence-corrected chi connectivity index (χ1v) is 6.54. The van der Waals surface area contributed by atoms with Gasteiger partial charge < -0.3 is 14.8 Å². The van der Waals surface area contributed by atoms with Crippen LogP contribution in [0.1, 0.15) is 18.1 Å². The molecule has 0 fully saturated rings. The van der Waals surface area contributed by atoms with Crippen LogP contribution in [0.5, 0.6) is 0 Å². The van der Waals surface area contributed by atoms with Gasteiger partial charge in [0.15, 0.2) is 0 Å². The van der Waals surface area contributed by atoms with Gasteiger partial charge in [0.1, 0.15) is 12.6 Å². The summed E-state index contributed by atoms with van der Waals surface area (Å²) in [4.78, 5) is 23.4. The van der Waals surface area contributed by atoms with Crippen molar-refractivity contribution in [1.82, 2.24) is 5.32 Å². The van der Waals surface area contributed by atoms with Crippen LogP contribution in [-0.2, 0) is 25.5 Å². The van der Waals surface area contributed by atoms with Crippen molar-refractivity contribution < 1.29 is 19.1 Å². The van der Waals surface area contributed by atoms with Crippen molar-refractivity contribution in [1.29, 1.82) is 5.26 Å². The van der Waals surface area contributed by atoms with Crippen LogP contribution in [0.2, 0.25) is 0 Å². The number of carbonyl (C=O) groups excluding carboxylic acids is 2. The van der Waals surface area contributed by atoms with Gasteiger partial charge in [-0.3, -0.25) is 4.79 Å². The van der Waals surface area contributed by atoms with E-state index in [1.807, 2.05) is 6.07 Å². The first kappa shape index (κ1) is 16.7. The molecule has 1 rings (SSSR count). The summed E-state index contributed by atoms with van der Waals surface area (Å²) in [5.41, 5.74) is 1.26. The molecule has 0 heterocycles. The van der Waals surface area contributed by atoms with Crippen LogP contribution in [0.15, 0.2) is 24.3 Å². The molecule has 0 saturated carbocycles. The number of nitrogens with zero attached hydrogens (tertiary/aromatic N) is 1. The predicted molar refractivity (Wildman–Crippen MR) is 75.3 cm³/mol. The maximum atomic E-state index is 11.7. The van der Waals surface area contributed by atoms with E-state index in [2.05, 4.69) is 10.1 Å². The van der Waals surface area contributed by atoms with Crippen LogP contribution in [-0.4, -0.2) is 38.2 Å². The minimum atomic E-state index is -0.808. The van der Waals surface area contributed by atoms with Crippen LogP contribution in [0.25, 0.3) is 0 Å². The fraction of sp³-hybridized carbons (Fsp3) is 0.400. The van der Waals surface area contributed by atoms with Crippen molar-refractivity contribution in [3.63, 3.8) is 0 Å². The molecule has 0 aromatic heterocycles. The molecule has 0 spiro atoms. The van der Waals surface area contributed by atoms with E-state index >= 15 is 0 Å². The first-order chi connectivity index (χ1) is 10.1. The van der Waals surface area contributed by atoms with E-state index in [-0.39, 0.29) is 18.9 Å². The number of nitriles is 1. The lowest BCUT2D eigenvalue weighted by atomic mass is 10.0. The SMILES string of the molecule is CCOCC(=O)N[C@@H](Cc1cccc(C#N)c1)C(=O)OC. The van der Waals surface area contributed by atoms with Crippen LogP contribution >= 0.6 is 0 Å². The summed E-state index contributed by atoms with van der Waals surface area (Å²) in [6, 6.07) is 8.07. The molecule has 0 aliphatic carbocycles. The summed E-state index contributed by atoms with van der Waals surface area (Å²) in [7, 11) is 1.26. The number of hydrogen-bond donors (Lipinski definition) is 1. The molecular weight excluding hydrogens is 272 g/mol. The highest BCUT2D eigenvalue weighted by molar-refractivity contribution is 5.85. The molecule has 1 N–H and O–H groups in total. The minimum Gasteiger partial charge on any atom is -0.467 e. The van der Waals surface area contributed by atoms with Crippen molar-refractivity contribution in [2.75, 3.05) is 20.3 Å². The molecule has 112 valence electrons. The van der Waals surface area contributed by atoms with Crippen molar-refractivity contribution in [2.45, 2.75) is 19.4 Å². The van der Waals surface area contributed by atoms with Gasteiger partial charge >= 0.3 is 5.97 Å². The quantitative estimate of drug-likeness (QED) is 0.750. The third-order valence-electron chi connectivity index (χ3n) is 2.75. The van der Waals surface area contributed by atoms with E-state index in [1.54, 1.807) is 31.2 Å². The lowest BCUT2D eigenvalue weighted by molar-refractivity contribution is -0.145. The van der Waals surface area contributed by atoms with Gasteiger partial charge in [-0.1, -0.05) is 12.1 Å². The Bertz CT molecular complexity index is 537. The van der Waals surface area contributed by atoms with Gasteiger partial charge in [-0.05, 0) is 24.6 Å². The predicted octanol–water partition coefficient (Wildman–Crippen LogP) is 0.795. The van der Waals surface area contributed by atoms with E-state index in [9.17, 15) is 9.59 Å². The highest BCUT2D eigenvalue weighted by Gasteiger charge is 2.22. The van der Waals surface area contributed by atoms with Gasteiger partial charge in [0, 0.05) is 13.0 Å². The molecule has 0 bridgehead atoms. The number of rotatable bonds is 7. The van der Waals surface area contributed by atoms with Crippen LogP contribution in [0.3, 0.4) is 0 Å². The van der Waals surface area contributed by atoms with E-state index in [0.29, 0.717) is 12.2 Å². The normalized spacial score (nSPS) is 11.3. The van der Waals surface area contributed by atoms with Gasteiger partial charge in [-0.15, -0.1) is 0 Å². The third kappa shape index (κ3) is 5.63. The summed E-state index contributed by atoms with van der Waals surface area (Å²) < 4.78 is 9.68. The van der Waals surface area contributed by atoms with Gasteiger partial charge in [-0.2, -0.15) is 5.26 Å². The Labute approximate surface area is 123 Å². The second-order valence-electron chi connectivity index (χ2n) is 4.30. The molecule has 0 radical (unpaired) electrons. The number of hydrogen-bond acceptors (Lipinski definition) is 5. The summed E-state index contributed by atoms with van der Waals surface area (Å²) in [5.74, 6) is -0.925. The number of ether oxygens (including phenoxy) is 2. The molecule has 0 unspecified atom stereocenters. The fourth-order valence-electron chi connectivity index (χ4n) is 1.77. The Kier molecular flexibility index (Phi) is 6.92. The highest BCUT2D eigenvalue weighted by Crippen LogP contribution is 2.08. The summed E-state index contributed by atoms with van der Waals surface area (Å²) in [6.45, 7) is 2.08. The topological polar surface area (TPSA) is 88.4 Å². The molecular formula is C15H18N2O4. The second kappa shape index (κ2) is 8.72. The molecule has 1 aromatic rings. The van der Waals surface area contributed by atoms with Crippen molar-refractivity contribution in [2.24, 2.45) is 0 Å². The molecule has 1 amide bonds. The third-order valence-corrected chi connectivity index (χ3v) is 2.75. The highest BCUT2D eigenvalue weighted by atomic mass is 16.5. The van der Waals surface area contributed by atoms with E-state index in [0.717, 1.165) is 5.56 Å². The summed E-state index contributed by atoms with van der Waals surface area (Å²) in [5, 5.41) is 11.4. The maximum Gasteiger partial charge on any atom is 0.328 e. The Morgan fingerprint density at radius 3 is 2.81 bits per heavy atom. The Balaban J connectivity index is 2.76. The molecule has 21 heavy (non-hydrogen) atoms. The molecule has 0 aliphatic rings. The lowest BCUT2D eigenvalue weighted by Gasteiger charge is -2.16. The number of methoxy groups -OCH3 is 1. The number of esters is 1. The molecule has 1 aromatic carbocycles. The molecule has 0 saturated heterocycles. The molecule has 6 heteroatoms. The largest absolute Gasteiger partial charge is 0.467 e.